The number of benzene rings is 1. The van der Waals surface area contributed by atoms with Crippen molar-refractivity contribution in [3.05, 3.63) is 35.9 Å². The third kappa shape index (κ3) is 12.2. The van der Waals surface area contributed by atoms with Crippen LogP contribution in [0.15, 0.2) is 35.3 Å². The maximum absolute atomic E-state index is 13.6. The molecule has 0 aliphatic carbocycles. The Bertz CT molecular complexity index is 1190. The summed E-state index contributed by atoms with van der Waals surface area (Å²) in [6, 6.07) is 2.49. The largest absolute Gasteiger partial charge is 0.481 e. The van der Waals surface area contributed by atoms with Gasteiger partial charge >= 0.3 is 5.97 Å². The van der Waals surface area contributed by atoms with E-state index >= 15 is 0 Å². The van der Waals surface area contributed by atoms with Crippen molar-refractivity contribution in [1.82, 2.24) is 26.6 Å². The summed E-state index contributed by atoms with van der Waals surface area (Å²) >= 11 is 0. The molecular formula is C28H43N9O7. The highest BCUT2D eigenvalue weighted by Crippen LogP contribution is 2.09. The number of carboxylic acids is 1. The number of amides is 5. The van der Waals surface area contributed by atoms with E-state index in [0.29, 0.717) is 31.4 Å². The van der Waals surface area contributed by atoms with Gasteiger partial charge in [0.15, 0.2) is 5.96 Å². The molecule has 1 aliphatic heterocycles. The molecule has 0 unspecified atom stereocenters. The second kappa shape index (κ2) is 18.0. The van der Waals surface area contributed by atoms with Crippen LogP contribution in [-0.2, 0) is 35.2 Å². The van der Waals surface area contributed by atoms with E-state index in [9.17, 15) is 33.9 Å². The predicted molar refractivity (Wildman–Crippen MR) is 161 cm³/mol. The Morgan fingerprint density at radius 3 is 1.86 bits per heavy atom. The van der Waals surface area contributed by atoms with E-state index in [-0.39, 0.29) is 31.8 Å². The summed E-state index contributed by atoms with van der Waals surface area (Å²) in [6.45, 7) is 1.87. The predicted octanol–water partition coefficient (Wildman–Crippen LogP) is -2.66. The fourth-order valence-electron chi connectivity index (χ4n) is 4.47. The van der Waals surface area contributed by atoms with Crippen molar-refractivity contribution < 1.29 is 33.9 Å². The van der Waals surface area contributed by atoms with E-state index in [1.54, 1.807) is 30.3 Å². The van der Waals surface area contributed by atoms with E-state index in [1.165, 1.54) is 6.92 Å². The summed E-state index contributed by atoms with van der Waals surface area (Å²) in [5.74, 6) is -5.37. The zero-order chi connectivity index (χ0) is 32.6. The highest BCUT2D eigenvalue weighted by molar-refractivity contribution is 5.98. The first-order chi connectivity index (χ1) is 20.9. The van der Waals surface area contributed by atoms with Crippen LogP contribution in [0.25, 0.3) is 0 Å². The number of aliphatic imine (C=N–C) groups is 1. The summed E-state index contributed by atoms with van der Waals surface area (Å²) < 4.78 is 0. The summed E-state index contributed by atoms with van der Waals surface area (Å²) in [4.78, 5) is 82.0. The number of unbranched alkanes of at least 4 members (excludes halogenated alkanes) is 1. The van der Waals surface area contributed by atoms with Crippen molar-refractivity contribution in [2.24, 2.45) is 22.2 Å². The van der Waals surface area contributed by atoms with Gasteiger partial charge in [0.1, 0.15) is 30.2 Å². The van der Waals surface area contributed by atoms with Gasteiger partial charge in [0.05, 0.1) is 6.42 Å². The fourth-order valence-corrected chi connectivity index (χ4v) is 4.47. The molecule has 16 nitrogen and oxygen atoms in total. The molecule has 2 rings (SSSR count). The number of nitrogens with one attached hydrogen (secondary N) is 5. The maximum atomic E-state index is 13.6. The first-order valence-corrected chi connectivity index (χ1v) is 14.4. The van der Waals surface area contributed by atoms with E-state index in [1.807, 2.05) is 0 Å². The number of aliphatic carboxylic acids is 1. The molecule has 5 amide bonds. The van der Waals surface area contributed by atoms with Gasteiger partial charge in [0.2, 0.25) is 29.5 Å². The van der Waals surface area contributed by atoms with Gasteiger partial charge in [0.25, 0.3) is 0 Å². The molecular weight excluding hydrogens is 574 g/mol. The number of rotatable bonds is 12. The van der Waals surface area contributed by atoms with Crippen LogP contribution in [0.1, 0.15) is 51.0 Å². The number of carbonyl (C=O) groups excluding carboxylic acids is 5. The smallest absolute Gasteiger partial charge is 0.305 e. The SMILES string of the molecule is C[C@H]1NC(=O)[C@@H](CCCN=C(N)N)NC(=O)[C@@H](CCCCN)NC(=O)[C@H](Cc2ccccc2)NC(=O)[C@@H](CC(=O)O)NC1=O. The number of nitrogens with zero attached hydrogens (tertiary/aromatic N) is 1. The average molecular weight is 618 g/mol. The van der Waals surface area contributed by atoms with Crippen LogP contribution in [0.3, 0.4) is 0 Å². The van der Waals surface area contributed by atoms with Crippen LogP contribution in [0.4, 0.5) is 0 Å². The number of carboxylic acid groups (broad SMARTS) is 1. The second-order valence-corrected chi connectivity index (χ2v) is 10.5. The minimum absolute atomic E-state index is 0.00709. The summed E-state index contributed by atoms with van der Waals surface area (Å²) in [7, 11) is 0. The average Bonchev–Trinajstić information content (AvgIpc) is 2.96. The van der Waals surface area contributed by atoms with Gasteiger partial charge < -0.3 is 48.9 Å². The Morgan fingerprint density at radius 2 is 1.27 bits per heavy atom. The molecule has 16 heteroatoms. The zero-order valence-corrected chi connectivity index (χ0v) is 24.7. The van der Waals surface area contributed by atoms with Crippen molar-refractivity contribution in [2.45, 2.75) is 82.1 Å². The van der Waals surface area contributed by atoms with E-state index in [0.717, 1.165) is 0 Å². The minimum atomic E-state index is -1.56. The lowest BCUT2D eigenvalue weighted by molar-refractivity contribution is -0.141. The molecule has 0 aromatic heterocycles. The van der Waals surface area contributed by atoms with Crippen molar-refractivity contribution in [3.8, 4) is 0 Å². The number of guanidine groups is 1. The molecule has 0 bridgehead atoms. The number of carbonyl (C=O) groups is 6. The Labute approximate surface area is 255 Å². The lowest BCUT2D eigenvalue weighted by atomic mass is 10.0. The van der Waals surface area contributed by atoms with E-state index in [4.69, 9.17) is 17.2 Å². The second-order valence-electron chi connectivity index (χ2n) is 10.5. The Morgan fingerprint density at radius 1 is 0.750 bits per heavy atom. The third-order valence-corrected chi connectivity index (χ3v) is 6.84. The maximum Gasteiger partial charge on any atom is 0.305 e. The molecule has 44 heavy (non-hydrogen) atoms. The number of hydrogen-bond acceptors (Lipinski definition) is 8. The Kier molecular flexibility index (Phi) is 14.5. The number of hydrogen-bond donors (Lipinski definition) is 9. The highest BCUT2D eigenvalue weighted by Gasteiger charge is 2.34. The molecule has 0 saturated carbocycles. The molecule has 0 spiro atoms. The molecule has 1 heterocycles. The van der Waals surface area contributed by atoms with Gasteiger partial charge in [-0.2, -0.15) is 0 Å². The molecule has 12 N–H and O–H groups in total. The monoisotopic (exact) mass is 617 g/mol. The highest BCUT2D eigenvalue weighted by atomic mass is 16.4. The molecule has 5 atom stereocenters. The minimum Gasteiger partial charge on any atom is -0.481 e. The van der Waals surface area contributed by atoms with Crippen LogP contribution in [0.5, 0.6) is 0 Å². The molecule has 1 aromatic carbocycles. The van der Waals surface area contributed by atoms with Gasteiger partial charge in [-0.3, -0.25) is 33.8 Å². The lowest BCUT2D eigenvalue weighted by Crippen LogP contribution is -2.58. The van der Waals surface area contributed by atoms with Gasteiger partial charge in [-0.15, -0.1) is 0 Å². The van der Waals surface area contributed by atoms with Crippen LogP contribution < -0.4 is 43.8 Å². The van der Waals surface area contributed by atoms with Crippen LogP contribution in [0.2, 0.25) is 0 Å². The first-order valence-electron chi connectivity index (χ1n) is 14.4. The van der Waals surface area contributed by atoms with Gasteiger partial charge in [-0.25, -0.2) is 0 Å². The molecule has 1 aliphatic rings. The van der Waals surface area contributed by atoms with Crippen LogP contribution >= 0.6 is 0 Å². The van der Waals surface area contributed by atoms with Crippen molar-refractivity contribution in [1.29, 1.82) is 0 Å². The van der Waals surface area contributed by atoms with Crippen molar-refractivity contribution in [3.63, 3.8) is 0 Å². The quantitative estimate of drug-likeness (QED) is 0.0667. The molecule has 1 aromatic rings. The van der Waals surface area contributed by atoms with Crippen LogP contribution in [-0.4, -0.2) is 89.9 Å². The standard InChI is InChI=1S/C28H43N9O7/c1-16-23(40)36-21(15-22(38)39)27(44)37-20(14-17-8-3-2-4-9-17)26(43)35-18(10-5-6-12-29)25(42)34-19(24(41)33-16)11-7-13-32-28(30)31/h2-4,8-9,16,18-21H,5-7,10-15,29H2,1H3,(H,33,41)(H,34,42)(H,35,43)(H,36,40)(H,37,44)(H,38,39)(H4,30,31,32)/t16-,18-,19-,20+,21-/m1/s1. The van der Waals surface area contributed by atoms with Gasteiger partial charge in [-0.05, 0) is 51.1 Å². The van der Waals surface area contributed by atoms with Crippen molar-refractivity contribution >= 4 is 41.5 Å². The topological polar surface area (TPSA) is 273 Å². The Balaban J connectivity index is 2.49. The molecule has 1 saturated heterocycles. The Hall–Kier alpha value is -4.73. The van der Waals surface area contributed by atoms with E-state index in [2.05, 4.69) is 31.6 Å². The number of nitrogens with two attached hydrogens (primary N) is 3. The van der Waals surface area contributed by atoms with E-state index < -0.39 is 72.1 Å². The summed E-state index contributed by atoms with van der Waals surface area (Å²) in [5.41, 5.74) is 17.0. The normalized spacial score (nSPS) is 23.5. The first kappa shape index (κ1) is 35.5. The van der Waals surface area contributed by atoms with Crippen molar-refractivity contribution in [2.75, 3.05) is 13.1 Å². The molecule has 242 valence electrons. The summed E-state index contributed by atoms with van der Waals surface area (Å²) in [5, 5.41) is 22.1. The zero-order valence-electron chi connectivity index (χ0n) is 24.7. The molecule has 1 fully saturated rings. The van der Waals surface area contributed by atoms with Gasteiger partial charge in [-0.1, -0.05) is 30.3 Å². The molecule has 0 radical (unpaired) electrons. The lowest BCUT2D eigenvalue weighted by Gasteiger charge is -2.26. The summed E-state index contributed by atoms with van der Waals surface area (Å²) in [6.07, 6.45) is 0.821. The third-order valence-electron chi connectivity index (χ3n) is 6.84. The van der Waals surface area contributed by atoms with Crippen LogP contribution in [0, 0.1) is 0 Å². The van der Waals surface area contributed by atoms with Gasteiger partial charge in [0, 0.05) is 13.0 Å². The fraction of sp³-hybridized carbons (Fsp3) is 0.536.